The fourth-order valence-electron chi connectivity index (χ4n) is 1.87. The molecule has 7 nitrogen and oxygen atoms in total. The average Bonchev–Trinajstić information content (AvgIpc) is 2.49. The molecule has 0 aromatic heterocycles. The Bertz CT molecular complexity index is 552. The molecule has 7 heteroatoms. The van der Waals surface area contributed by atoms with Crippen molar-refractivity contribution in [3.8, 4) is 0 Å². The van der Waals surface area contributed by atoms with Crippen molar-refractivity contribution in [1.29, 1.82) is 0 Å². The van der Waals surface area contributed by atoms with Crippen LogP contribution in [0.2, 0.25) is 0 Å². The van der Waals surface area contributed by atoms with Crippen molar-refractivity contribution in [3.05, 3.63) is 35.4 Å². The topological polar surface area (TPSA) is 105 Å². The van der Waals surface area contributed by atoms with Gasteiger partial charge in [-0.15, -0.1) is 0 Å². The number of alkyl carbamates (subject to hydrolysis) is 1. The number of ether oxygens (including phenoxy) is 2. The van der Waals surface area contributed by atoms with E-state index >= 15 is 0 Å². The van der Waals surface area contributed by atoms with Crippen LogP contribution in [0.3, 0.4) is 0 Å². The fourth-order valence-corrected chi connectivity index (χ4v) is 1.87. The molecular weight excluding hydrogens is 302 g/mol. The fraction of sp³-hybridized carbons (Fsp3) is 0.500. The smallest absolute Gasteiger partial charge is 0.407 e. The van der Waals surface area contributed by atoms with E-state index in [4.69, 9.17) is 4.74 Å². The van der Waals surface area contributed by atoms with Gasteiger partial charge in [0.05, 0.1) is 12.7 Å². The highest BCUT2D eigenvalue weighted by atomic mass is 16.6. The van der Waals surface area contributed by atoms with Crippen molar-refractivity contribution in [2.75, 3.05) is 13.7 Å². The summed E-state index contributed by atoms with van der Waals surface area (Å²) in [5, 5.41) is 22.6. The molecule has 2 unspecified atom stereocenters. The lowest BCUT2D eigenvalue weighted by Crippen LogP contribution is -2.39. The maximum absolute atomic E-state index is 11.7. The van der Waals surface area contributed by atoms with Gasteiger partial charge in [-0.2, -0.15) is 0 Å². The standard InChI is InChI=1S/C16H23NO6/c1-16(2,3)23-15(21)17-9-12(18)13(19)10-7-5-6-8-11(10)14(20)22-4/h5-8,12-13,18-19H,9H2,1-4H3,(H,17,21). The maximum Gasteiger partial charge on any atom is 0.407 e. The molecule has 1 amide bonds. The lowest BCUT2D eigenvalue weighted by Gasteiger charge is -2.23. The number of aliphatic hydroxyl groups excluding tert-OH is 2. The molecule has 1 aromatic rings. The number of benzene rings is 1. The Labute approximate surface area is 135 Å². The third-order valence-corrected chi connectivity index (χ3v) is 2.90. The number of rotatable bonds is 5. The summed E-state index contributed by atoms with van der Waals surface area (Å²) < 4.78 is 9.67. The quantitative estimate of drug-likeness (QED) is 0.707. The summed E-state index contributed by atoms with van der Waals surface area (Å²) in [6, 6.07) is 6.23. The van der Waals surface area contributed by atoms with Crippen molar-refractivity contribution >= 4 is 12.1 Å². The van der Waals surface area contributed by atoms with Crippen LogP contribution >= 0.6 is 0 Å². The number of hydrogen-bond acceptors (Lipinski definition) is 6. The van der Waals surface area contributed by atoms with Gasteiger partial charge in [-0.3, -0.25) is 0 Å². The van der Waals surface area contributed by atoms with Crippen LogP contribution in [0.4, 0.5) is 4.79 Å². The number of nitrogens with one attached hydrogen (secondary N) is 1. The highest BCUT2D eigenvalue weighted by molar-refractivity contribution is 5.91. The van der Waals surface area contributed by atoms with Crippen LogP contribution in [0.5, 0.6) is 0 Å². The zero-order chi connectivity index (χ0) is 17.6. The third-order valence-electron chi connectivity index (χ3n) is 2.90. The van der Waals surface area contributed by atoms with Crippen LogP contribution in [0.25, 0.3) is 0 Å². The van der Waals surface area contributed by atoms with Crippen molar-refractivity contribution in [1.82, 2.24) is 5.32 Å². The van der Waals surface area contributed by atoms with Crippen LogP contribution in [-0.4, -0.2) is 47.6 Å². The van der Waals surface area contributed by atoms with Gasteiger partial charge >= 0.3 is 12.1 Å². The van der Waals surface area contributed by atoms with Crippen LogP contribution in [0.1, 0.15) is 42.8 Å². The summed E-state index contributed by atoms with van der Waals surface area (Å²) in [5.41, 5.74) is -0.290. The Kier molecular flexibility index (Phi) is 6.53. The van der Waals surface area contributed by atoms with Gasteiger partial charge in [0.1, 0.15) is 17.8 Å². The number of amides is 1. The molecule has 2 atom stereocenters. The summed E-state index contributed by atoms with van der Waals surface area (Å²) in [6.45, 7) is 4.91. The van der Waals surface area contributed by atoms with Crippen LogP contribution in [-0.2, 0) is 9.47 Å². The highest BCUT2D eigenvalue weighted by Gasteiger charge is 2.25. The molecule has 1 aromatic carbocycles. The van der Waals surface area contributed by atoms with Crippen molar-refractivity contribution in [2.24, 2.45) is 0 Å². The minimum Gasteiger partial charge on any atom is -0.465 e. The lowest BCUT2D eigenvalue weighted by atomic mass is 9.98. The molecule has 128 valence electrons. The number of esters is 1. The van der Waals surface area contributed by atoms with E-state index < -0.39 is 29.9 Å². The van der Waals surface area contributed by atoms with Gasteiger partial charge in [-0.05, 0) is 32.4 Å². The summed E-state index contributed by atoms with van der Waals surface area (Å²) >= 11 is 0. The number of hydrogen-bond donors (Lipinski definition) is 3. The first-order chi connectivity index (χ1) is 10.7. The van der Waals surface area contributed by atoms with E-state index in [-0.39, 0.29) is 17.7 Å². The van der Waals surface area contributed by atoms with Gasteiger partial charge in [0.15, 0.2) is 0 Å². The van der Waals surface area contributed by atoms with Crippen molar-refractivity contribution < 1.29 is 29.3 Å². The van der Waals surface area contributed by atoms with Gasteiger partial charge in [0.2, 0.25) is 0 Å². The minimum atomic E-state index is -1.36. The Hall–Kier alpha value is -2.12. The molecule has 0 saturated heterocycles. The van der Waals surface area contributed by atoms with Gasteiger partial charge in [-0.1, -0.05) is 18.2 Å². The molecule has 3 N–H and O–H groups in total. The van der Waals surface area contributed by atoms with Crippen LogP contribution in [0.15, 0.2) is 24.3 Å². The van der Waals surface area contributed by atoms with E-state index in [1.807, 2.05) is 0 Å². The molecule has 0 spiro atoms. The molecule has 0 aliphatic carbocycles. The predicted octanol–water partition coefficient (Wildman–Crippen LogP) is 1.39. The predicted molar refractivity (Wildman–Crippen MR) is 83.0 cm³/mol. The van der Waals surface area contributed by atoms with Crippen molar-refractivity contribution in [3.63, 3.8) is 0 Å². The van der Waals surface area contributed by atoms with Gasteiger partial charge in [0.25, 0.3) is 0 Å². The van der Waals surface area contributed by atoms with E-state index in [1.54, 1.807) is 32.9 Å². The second kappa shape index (κ2) is 7.94. The molecule has 0 saturated carbocycles. The molecule has 23 heavy (non-hydrogen) atoms. The molecule has 0 aliphatic rings. The highest BCUT2D eigenvalue weighted by Crippen LogP contribution is 2.21. The number of aliphatic hydroxyl groups is 2. The zero-order valence-electron chi connectivity index (χ0n) is 13.7. The third kappa shape index (κ3) is 5.88. The van der Waals surface area contributed by atoms with Gasteiger partial charge < -0.3 is 25.0 Å². The van der Waals surface area contributed by atoms with Crippen LogP contribution < -0.4 is 5.32 Å². The maximum atomic E-state index is 11.7. The lowest BCUT2D eigenvalue weighted by molar-refractivity contribution is 0.0119. The SMILES string of the molecule is COC(=O)c1ccccc1C(O)C(O)CNC(=O)OC(C)(C)C. The normalized spacial score (nSPS) is 13.8. The molecule has 0 radical (unpaired) electrons. The summed E-state index contributed by atoms with van der Waals surface area (Å²) in [5.74, 6) is -0.619. The average molecular weight is 325 g/mol. The van der Waals surface area contributed by atoms with E-state index in [0.29, 0.717) is 0 Å². The first-order valence-electron chi connectivity index (χ1n) is 7.16. The minimum absolute atomic E-state index is 0.152. The zero-order valence-corrected chi connectivity index (χ0v) is 13.7. The monoisotopic (exact) mass is 325 g/mol. The molecule has 0 fully saturated rings. The van der Waals surface area contributed by atoms with Gasteiger partial charge in [0, 0.05) is 6.54 Å². The first kappa shape index (κ1) is 18.9. The van der Waals surface area contributed by atoms with Crippen LogP contribution in [0, 0.1) is 0 Å². The Balaban J connectivity index is 2.72. The van der Waals surface area contributed by atoms with E-state index in [2.05, 4.69) is 10.1 Å². The van der Waals surface area contributed by atoms with Gasteiger partial charge in [-0.25, -0.2) is 9.59 Å². The molecular formula is C16H23NO6. The number of carbonyl (C=O) groups is 2. The van der Waals surface area contributed by atoms with E-state index in [1.165, 1.54) is 19.2 Å². The Morgan fingerprint density at radius 1 is 1.22 bits per heavy atom. The van der Waals surface area contributed by atoms with Crippen molar-refractivity contribution in [2.45, 2.75) is 38.6 Å². The molecule has 0 heterocycles. The Morgan fingerprint density at radius 2 is 1.83 bits per heavy atom. The second-order valence-corrected chi connectivity index (χ2v) is 5.97. The largest absolute Gasteiger partial charge is 0.465 e. The molecule has 0 aliphatic heterocycles. The Morgan fingerprint density at radius 3 is 2.39 bits per heavy atom. The number of carbonyl (C=O) groups excluding carboxylic acids is 2. The second-order valence-electron chi connectivity index (χ2n) is 5.97. The molecule has 0 bridgehead atoms. The van der Waals surface area contributed by atoms with E-state index in [9.17, 15) is 19.8 Å². The van der Waals surface area contributed by atoms with E-state index in [0.717, 1.165) is 0 Å². The summed E-state index contributed by atoms with van der Waals surface area (Å²) in [7, 11) is 1.23. The summed E-state index contributed by atoms with van der Waals surface area (Å²) in [6.07, 6.45) is -3.38. The summed E-state index contributed by atoms with van der Waals surface area (Å²) in [4.78, 5) is 23.2. The first-order valence-corrected chi connectivity index (χ1v) is 7.16. The molecule has 1 rings (SSSR count). The number of methoxy groups -OCH3 is 1.